The second-order valence-electron chi connectivity index (χ2n) is 3.79. The van der Waals surface area contributed by atoms with Gasteiger partial charge in [0.25, 0.3) is 5.56 Å². The van der Waals surface area contributed by atoms with Crippen LogP contribution in [0.1, 0.15) is 11.1 Å². The van der Waals surface area contributed by atoms with E-state index in [0.717, 1.165) is 16.7 Å². The van der Waals surface area contributed by atoms with Crippen LogP contribution in [0.5, 0.6) is 0 Å². The van der Waals surface area contributed by atoms with Gasteiger partial charge in [0.15, 0.2) is 0 Å². The number of aryl methyl sites for hydroxylation is 2. The van der Waals surface area contributed by atoms with E-state index in [2.05, 4.69) is 32.0 Å². The lowest BCUT2D eigenvalue weighted by Gasteiger charge is -2.04. The number of aromatic nitrogens is 2. The van der Waals surface area contributed by atoms with Crippen LogP contribution in [-0.4, -0.2) is 9.97 Å². The van der Waals surface area contributed by atoms with Crippen molar-refractivity contribution >= 4 is 15.9 Å². The van der Waals surface area contributed by atoms with Crippen molar-refractivity contribution in [3.05, 3.63) is 50.3 Å². The Labute approximate surface area is 102 Å². The Bertz CT molecular complexity index is 570. The summed E-state index contributed by atoms with van der Waals surface area (Å²) in [5.74, 6) is 0.597. The largest absolute Gasteiger partial charge is 0.306 e. The molecular formula is C12H11BrN2O. The molecule has 0 atom stereocenters. The van der Waals surface area contributed by atoms with Crippen molar-refractivity contribution in [2.24, 2.45) is 0 Å². The second-order valence-corrected chi connectivity index (χ2v) is 4.64. The number of halogens is 1. The van der Waals surface area contributed by atoms with Crippen molar-refractivity contribution in [1.29, 1.82) is 0 Å². The number of benzene rings is 1. The molecule has 0 saturated carbocycles. The molecule has 3 nitrogen and oxygen atoms in total. The molecule has 0 fully saturated rings. The minimum Gasteiger partial charge on any atom is -0.306 e. The number of rotatable bonds is 1. The van der Waals surface area contributed by atoms with Crippen LogP contribution in [0.25, 0.3) is 11.4 Å². The van der Waals surface area contributed by atoms with Gasteiger partial charge < -0.3 is 4.98 Å². The molecule has 0 radical (unpaired) electrons. The van der Waals surface area contributed by atoms with Gasteiger partial charge in [-0.2, -0.15) is 0 Å². The van der Waals surface area contributed by atoms with Crippen LogP contribution >= 0.6 is 15.9 Å². The topological polar surface area (TPSA) is 45.8 Å². The van der Waals surface area contributed by atoms with Gasteiger partial charge in [0, 0.05) is 11.8 Å². The van der Waals surface area contributed by atoms with Crippen LogP contribution in [0.2, 0.25) is 0 Å². The highest BCUT2D eigenvalue weighted by Gasteiger charge is 2.03. The van der Waals surface area contributed by atoms with Gasteiger partial charge in [0.05, 0.1) is 0 Å². The standard InChI is InChI=1S/C12H11BrN2O/c1-7-3-8(2)5-9(4-7)11-14-6-10(13)12(16)15-11/h3-6H,1-2H3,(H,14,15,16). The lowest BCUT2D eigenvalue weighted by Crippen LogP contribution is -2.08. The molecule has 0 amide bonds. The van der Waals surface area contributed by atoms with Gasteiger partial charge in [-0.25, -0.2) is 4.98 Å². The highest BCUT2D eigenvalue weighted by Crippen LogP contribution is 2.17. The lowest BCUT2D eigenvalue weighted by atomic mass is 10.1. The first-order chi connectivity index (χ1) is 7.56. The Balaban J connectivity index is 2.58. The minimum absolute atomic E-state index is 0.163. The molecule has 1 heterocycles. The van der Waals surface area contributed by atoms with Crippen LogP contribution in [0.15, 0.2) is 33.7 Å². The van der Waals surface area contributed by atoms with Crippen LogP contribution in [0.4, 0.5) is 0 Å². The first-order valence-electron chi connectivity index (χ1n) is 4.90. The summed E-state index contributed by atoms with van der Waals surface area (Å²) in [6, 6.07) is 6.08. The van der Waals surface area contributed by atoms with Gasteiger partial charge in [0.1, 0.15) is 10.3 Å². The molecule has 1 aromatic heterocycles. The Kier molecular flexibility index (Phi) is 2.92. The van der Waals surface area contributed by atoms with Gasteiger partial charge in [-0.05, 0) is 41.9 Å². The average Bonchev–Trinajstić information content (AvgIpc) is 2.20. The molecule has 0 bridgehead atoms. The zero-order valence-corrected chi connectivity index (χ0v) is 10.6. The normalized spacial score (nSPS) is 10.4. The average molecular weight is 279 g/mol. The third-order valence-corrected chi connectivity index (χ3v) is 2.82. The van der Waals surface area contributed by atoms with Crippen LogP contribution in [0.3, 0.4) is 0 Å². The molecule has 0 aliphatic heterocycles. The molecule has 4 heteroatoms. The van der Waals surface area contributed by atoms with Crippen molar-refractivity contribution < 1.29 is 0 Å². The maximum Gasteiger partial charge on any atom is 0.265 e. The van der Waals surface area contributed by atoms with Crippen LogP contribution < -0.4 is 5.56 Å². The smallest absolute Gasteiger partial charge is 0.265 e. The lowest BCUT2D eigenvalue weighted by molar-refractivity contribution is 1.11. The molecule has 1 aromatic carbocycles. The number of hydrogen-bond donors (Lipinski definition) is 1. The summed E-state index contributed by atoms with van der Waals surface area (Å²) in [4.78, 5) is 18.4. The monoisotopic (exact) mass is 278 g/mol. The number of hydrogen-bond acceptors (Lipinski definition) is 2. The summed E-state index contributed by atoms with van der Waals surface area (Å²) in [6.45, 7) is 4.04. The third kappa shape index (κ3) is 2.22. The summed E-state index contributed by atoms with van der Waals surface area (Å²) in [6.07, 6.45) is 1.52. The maximum atomic E-state index is 11.4. The first-order valence-corrected chi connectivity index (χ1v) is 5.69. The third-order valence-electron chi connectivity index (χ3n) is 2.25. The predicted octanol–water partition coefficient (Wildman–Crippen LogP) is 2.82. The fraction of sp³-hybridized carbons (Fsp3) is 0.167. The molecule has 82 valence electrons. The van der Waals surface area contributed by atoms with Crippen LogP contribution in [-0.2, 0) is 0 Å². The van der Waals surface area contributed by atoms with E-state index in [1.54, 1.807) is 0 Å². The van der Waals surface area contributed by atoms with E-state index in [9.17, 15) is 4.79 Å². The Morgan fingerprint density at radius 1 is 1.19 bits per heavy atom. The fourth-order valence-corrected chi connectivity index (χ4v) is 1.84. The zero-order valence-electron chi connectivity index (χ0n) is 9.04. The Hall–Kier alpha value is -1.42. The molecule has 0 saturated heterocycles. The number of H-pyrrole nitrogens is 1. The summed E-state index contributed by atoms with van der Waals surface area (Å²) < 4.78 is 0.445. The van der Waals surface area contributed by atoms with E-state index in [0.29, 0.717) is 10.3 Å². The Morgan fingerprint density at radius 2 is 1.81 bits per heavy atom. The van der Waals surface area contributed by atoms with Crippen molar-refractivity contribution in [1.82, 2.24) is 9.97 Å². The molecule has 0 aliphatic carbocycles. The molecule has 0 unspecified atom stereocenters. The maximum absolute atomic E-state index is 11.4. The predicted molar refractivity (Wildman–Crippen MR) is 67.5 cm³/mol. The minimum atomic E-state index is -0.163. The van der Waals surface area contributed by atoms with E-state index in [4.69, 9.17) is 0 Å². The van der Waals surface area contributed by atoms with Crippen molar-refractivity contribution in [3.63, 3.8) is 0 Å². The Morgan fingerprint density at radius 3 is 2.38 bits per heavy atom. The molecular weight excluding hydrogens is 268 g/mol. The highest BCUT2D eigenvalue weighted by molar-refractivity contribution is 9.10. The summed E-state index contributed by atoms with van der Waals surface area (Å²) in [7, 11) is 0. The second kappa shape index (κ2) is 4.22. The first kappa shape index (κ1) is 11.1. The van der Waals surface area contributed by atoms with E-state index < -0.39 is 0 Å². The van der Waals surface area contributed by atoms with Crippen LogP contribution in [0, 0.1) is 13.8 Å². The van der Waals surface area contributed by atoms with Gasteiger partial charge in [-0.15, -0.1) is 0 Å². The molecule has 0 aliphatic rings. The molecule has 1 N–H and O–H groups in total. The molecule has 0 spiro atoms. The highest BCUT2D eigenvalue weighted by atomic mass is 79.9. The fourth-order valence-electron chi connectivity index (χ4n) is 1.64. The SMILES string of the molecule is Cc1cc(C)cc(-c2ncc(Br)c(=O)[nH]2)c1. The van der Waals surface area contributed by atoms with Crippen molar-refractivity contribution in [2.45, 2.75) is 13.8 Å². The summed E-state index contributed by atoms with van der Waals surface area (Å²) >= 11 is 3.12. The van der Waals surface area contributed by atoms with E-state index in [1.807, 2.05) is 26.0 Å². The van der Waals surface area contributed by atoms with Gasteiger partial charge in [-0.1, -0.05) is 17.2 Å². The summed E-state index contributed by atoms with van der Waals surface area (Å²) in [5, 5.41) is 0. The number of nitrogens with zero attached hydrogens (tertiary/aromatic N) is 1. The van der Waals surface area contributed by atoms with E-state index >= 15 is 0 Å². The number of nitrogens with one attached hydrogen (secondary N) is 1. The van der Waals surface area contributed by atoms with Crippen molar-refractivity contribution in [2.75, 3.05) is 0 Å². The van der Waals surface area contributed by atoms with Gasteiger partial charge in [0.2, 0.25) is 0 Å². The van der Waals surface area contributed by atoms with Gasteiger partial charge in [-0.3, -0.25) is 4.79 Å². The molecule has 2 rings (SSSR count). The quantitative estimate of drug-likeness (QED) is 0.872. The summed E-state index contributed by atoms with van der Waals surface area (Å²) in [5.41, 5.74) is 3.08. The van der Waals surface area contributed by atoms with Crippen molar-refractivity contribution in [3.8, 4) is 11.4 Å². The van der Waals surface area contributed by atoms with Gasteiger partial charge >= 0.3 is 0 Å². The number of aromatic amines is 1. The molecule has 16 heavy (non-hydrogen) atoms. The molecule has 2 aromatic rings. The zero-order chi connectivity index (χ0) is 11.7. The van der Waals surface area contributed by atoms with E-state index in [1.165, 1.54) is 6.20 Å². The van der Waals surface area contributed by atoms with E-state index in [-0.39, 0.29) is 5.56 Å².